The van der Waals surface area contributed by atoms with Crippen LogP contribution in [0.1, 0.15) is 49.1 Å². The van der Waals surface area contributed by atoms with Crippen LogP contribution in [-0.4, -0.2) is 17.7 Å². The van der Waals surface area contributed by atoms with Crippen molar-refractivity contribution >= 4 is 6.09 Å². The normalized spacial score (nSPS) is 17.6. The van der Waals surface area contributed by atoms with Gasteiger partial charge in [-0.15, -0.1) is 0 Å². The van der Waals surface area contributed by atoms with Crippen LogP contribution in [0, 0.1) is 0 Å². The molecule has 3 aromatic carbocycles. The SMILES string of the molecule is CC(C)(C)OC(=O)N[C@H]1Cc2ccccc2[C@H]1Oc1ccccc1Cc1ccccc1. The first-order chi connectivity index (χ1) is 14.9. The summed E-state index contributed by atoms with van der Waals surface area (Å²) in [4.78, 5) is 12.5. The number of benzene rings is 3. The van der Waals surface area contributed by atoms with E-state index in [4.69, 9.17) is 9.47 Å². The monoisotopic (exact) mass is 415 g/mol. The van der Waals surface area contributed by atoms with E-state index in [1.165, 1.54) is 11.1 Å². The summed E-state index contributed by atoms with van der Waals surface area (Å²) in [5.41, 5.74) is 4.10. The maximum atomic E-state index is 12.5. The van der Waals surface area contributed by atoms with Crippen LogP contribution in [0.2, 0.25) is 0 Å². The first-order valence-corrected chi connectivity index (χ1v) is 10.7. The Morgan fingerprint density at radius 1 is 0.935 bits per heavy atom. The summed E-state index contributed by atoms with van der Waals surface area (Å²) in [7, 11) is 0. The van der Waals surface area contributed by atoms with E-state index in [-0.39, 0.29) is 12.1 Å². The van der Waals surface area contributed by atoms with Gasteiger partial charge in [-0.05, 0) is 55.5 Å². The molecule has 0 spiro atoms. The van der Waals surface area contributed by atoms with Crippen molar-refractivity contribution in [1.29, 1.82) is 0 Å². The molecule has 0 aromatic heterocycles. The lowest BCUT2D eigenvalue weighted by Gasteiger charge is -2.26. The first-order valence-electron chi connectivity index (χ1n) is 10.7. The minimum absolute atomic E-state index is 0.197. The van der Waals surface area contributed by atoms with E-state index < -0.39 is 11.7 Å². The van der Waals surface area contributed by atoms with Gasteiger partial charge in [-0.2, -0.15) is 0 Å². The molecule has 1 aliphatic rings. The van der Waals surface area contributed by atoms with Gasteiger partial charge in [0.1, 0.15) is 17.5 Å². The fourth-order valence-corrected chi connectivity index (χ4v) is 4.01. The van der Waals surface area contributed by atoms with Gasteiger partial charge in [-0.1, -0.05) is 72.8 Å². The molecule has 4 rings (SSSR count). The molecule has 0 fully saturated rings. The number of carbonyl (C=O) groups excluding carboxylic acids is 1. The molecule has 4 heteroatoms. The van der Waals surface area contributed by atoms with Gasteiger partial charge in [0.2, 0.25) is 0 Å². The lowest BCUT2D eigenvalue weighted by atomic mass is 10.0. The highest BCUT2D eigenvalue weighted by molar-refractivity contribution is 5.68. The molecule has 0 saturated heterocycles. The third-order valence-electron chi connectivity index (χ3n) is 5.33. The second kappa shape index (κ2) is 8.84. The standard InChI is InChI=1S/C27H29NO3/c1-27(2,3)31-26(29)28-23-18-20-13-7-9-15-22(20)25(23)30-24-16-10-8-14-21(24)17-19-11-5-4-6-12-19/h4-16,23,25H,17-18H2,1-3H3,(H,28,29)/t23-,25+/m0/s1. The fourth-order valence-electron chi connectivity index (χ4n) is 4.01. The summed E-state index contributed by atoms with van der Waals surface area (Å²) >= 11 is 0. The summed E-state index contributed by atoms with van der Waals surface area (Å²) < 4.78 is 12.1. The average Bonchev–Trinajstić information content (AvgIpc) is 3.06. The van der Waals surface area contributed by atoms with E-state index in [0.29, 0.717) is 6.42 Å². The third kappa shape index (κ3) is 5.26. The predicted octanol–water partition coefficient (Wildman–Crippen LogP) is 5.85. The van der Waals surface area contributed by atoms with Gasteiger partial charge in [0.25, 0.3) is 0 Å². The number of ether oxygens (including phenoxy) is 2. The maximum Gasteiger partial charge on any atom is 0.408 e. The second-order valence-electron chi connectivity index (χ2n) is 8.96. The zero-order valence-corrected chi connectivity index (χ0v) is 18.3. The molecule has 0 heterocycles. The van der Waals surface area contributed by atoms with Crippen LogP contribution in [0.3, 0.4) is 0 Å². The summed E-state index contributed by atoms with van der Waals surface area (Å²) in [6.45, 7) is 5.59. The number of nitrogens with one attached hydrogen (secondary N) is 1. The van der Waals surface area contributed by atoms with E-state index in [1.807, 2.05) is 69.3 Å². The van der Waals surface area contributed by atoms with Gasteiger partial charge in [0.15, 0.2) is 0 Å². The Labute approximate surface area is 184 Å². The topological polar surface area (TPSA) is 47.6 Å². The first kappa shape index (κ1) is 21.0. The zero-order valence-electron chi connectivity index (χ0n) is 18.3. The summed E-state index contributed by atoms with van der Waals surface area (Å²) in [6, 6.07) is 26.5. The Hall–Kier alpha value is -3.27. The molecule has 1 aliphatic carbocycles. The molecule has 3 aromatic rings. The fraction of sp³-hybridized carbons (Fsp3) is 0.296. The molecule has 2 atom stereocenters. The van der Waals surface area contributed by atoms with Crippen LogP contribution in [0.4, 0.5) is 4.79 Å². The van der Waals surface area contributed by atoms with Crippen molar-refractivity contribution in [1.82, 2.24) is 5.32 Å². The summed E-state index contributed by atoms with van der Waals surface area (Å²) in [6.07, 6.45) is 0.799. The number of fused-ring (bicyclic) bond motifs is 1. The van der Waals surface area contributed by atoms with Crippen molar-refractivity contribution in [2.45, 2.75) is 51.4 Å². The minimum Gasteiger partial charge on any atom is -0.483 e. The molecule has 1 N–H and O–H groups in total. The minimum atomic E-state index is -0.547. The molecule has 0 bridgehead atoms. The van der Waals surface area contributed by atoms with Crippen molar-refractivity contribution < 1.29 is 14.3 Å². The largest absolute Gasteiger partial charge is 0.483 e. The van der Waals surface area contributed by atoms with Gasteiger partial charge in [-0.25, -0.2) is 4.79 Å². The van der Waals surface area contributed by atoms with Crippen LogP contribution >= 0.6 is 0 Å². The average molecular weight is 416 g/mol. The highest BCUT2D eigenvalue weighted by Crippen LogP contribution is 2.37. The number of alkyl carbamates (subject to hydrolysis) is 1. The number of hydrogen-bond acceptors (Lipinski definition) is 3. The molecule has 1 amide bonds. The third-order valence-corrected chi connectivity index (χ3v) is 5.33. The zero-order chi connectivity index (χ0) is 21.8. The van der Waals surface area contributed by atoms with Crippen molar-refractivity contribution in [2.24, 2.45) is 0 Å². The Morgan fingerprint density at radius 2 is 1.61 bits per heavy atom. The quantitative estimate of drug-likeness (QED) is 0.569. The Balaban J connectivity index is 1.58. The Morgan fingerprint density at radius 3 is 2.39 bits per heavy atom. The van der Waals surface area contributed by atoms with Crippen LogP contribution in [0.15, 0.2) is 78.9 Å². The van der Waals surface area contributed by atoms with Gasteiger partial charge < -0.3 is 14.8 Å². The number of para-hydroxylation sites is 1. The summed E-state index contributed by atoms with van der Waals surface area (Å²) in [5.74, 6) is 0.837. The predicted molar refractivity (Wildman–Crippen MR) is 122 cm³/mol. The van der Waals surface area contributed by atoms with E-state index in [1.54, 1.807) is 0 Å². The molecule has 0 saturated carbocycles. The number of amides is 1. The lowest BCUT2D eigenvalue weighted by molar-refractivity contribution is 0.0455. The van der Waals surface area contributed by atoms with Crippen LogP contribution < -0.4 is 10.1 Å². The smallest absolute Gasteiger partial charge is 0.408 e. The van der Waals surface area contributed by atoms with Gasteiger partial charge in [0.05, 0.1) is 6.04 Å². The number of carbonyl (C=O) groups is 1. The van der Waals surface area contributed by atoms with Crippen molar-refractivity contribution in [3.8, 4) is 5.75 Å². The van der Waals surface area contributed by atoms with Crippen molar-refractivity contribution in [3.05, 3.63) is 101 Å². The van der Waals surface area contributed by atoms with Gasteiger partial charge in [-0.3, -0.25) is 0 Å². The molecule has 0 radical (unpaired) electrons. The molecule has 0 aliphatic heterocycles. The van der Waals surface area contributed by atoms with E-state index in [0.717, 1.165) is 23.3 Å². The van der Waals surface area contributed by atoms with Crippen LogP contribution in [0.25, 0.3) is 0 Å². The number of rotatable bonds is 5. The Kier molecular flexibility index (Phi) is 5.99. The highest BCUT2D eigenvalue weighted by atomic mass is 16.6. The Bertz CT molecular complexity index is 1040. The molecule has 160 valence electrons. The molecular formula is C27H29NO3. The van der Waals surface area contributed by atoms with Gasteiger partial charge >= 0.3 is 6.09 Å². The van der Waals surface area contributed by atoms with E-state index >= 15 is 0 Å². The maximum absolute atomic E-state index is 12.5. The lowest BCUT2D eigenvalue weighted by Crippen LogP contribution is -2.42. The van der Waals surface area contributed by atoms with Crippen molar-refractivity contribution in [2.75, 3.05) is 0 Å². The summed E-state index contributed by atoms with van der Waals surface area (Å²) in [5, 5.41) is 3.04. The molecule has 31 heavy (non-hydrogen) atoms. The van der Waals surface area contributed by atoms with E-state index in [2.05, 4.69) is 35.6 Å². The van der Waals surface area contributed by atoms with Crippen LogP contribution in [0.5, 0.6) is 5.75 Å². The van der Waals surface area contributed by atoms with E-state index in [9.17, 15) is 4.79 Å². The van der Waals surface area contributed by atoms with Crippen LogP contribution in [-0.2, 0) is 17.6 Å². The highest BCUT2D eigenvalue weighted by Gasteiger charge is 2.36. The second-order valence-corrected chi connectivity index (χ2v) is 8.96. The number of hydrogen-bond donors (Lipinski definition) is 1. The molecular weight excluding hydrogens is 386 g/mol. The molecule has 0 unspecified atom stereocenters. The van der Waals surface area contributed by atoms with Crippen molar-refractivity contribution in [3.63, 3.8) is 0 Å². The molecule has 4 nitrogen and oxygen atoms in total. The van der Waals surface area contributed by atoms with Gasteiger partial charge in [0, 0.05) is 6.42 Å².